The van der Waals surface area contributed by atoms with Crippen LogP contribution in [-0.4, -0.2) is 49.3 Å². The quantitative estimate of drug-likeness (QED) is 0.0270. The summed E-state index contributed by atoms with van der Waals surface area (Å²) in [4.78, 5) is 34.8. The van der Waals surface area contributed by atoms with Crippen LogP contribution in [0.3, 0.4) is 0 Å². The zero-order valence-corrected chi connectivity index (χ0v) is 34.9. The molecule has 0 saturated carbocycles. The van der Waals surface area contributed by atoms with Gasteiger partial charge in [-0.3, -0.25) is 18.6 Å². The average molecular weight is 770 g/mol. The van der Waals surface area contributed by atoms with Gasteiger partial charge in [0.15, 0.2) is 6.10 Å². The number of esters is 2. The number of unbranched alkanes of at least 4 members (excludes halogenated alkanes) is 21. The van der Waals surface area contributed by atoms with Crippen molar-refractivity contribution in [3.63, 3.8) is 0 Å². The summed E-state index contributed by atoms with van der Waals surface area (Å²) in [5.74, 6) is -0.892. The van der Waals surface area contributed by atoms with Crippen LogP contribution in [0.4, 0.5) is 0 Å². The molecule has 0 heterocycles. The van der Waals surface area contributed by atoms with E-state index < -0.39 is 32.5 Å². The largest absolute Gasteiger partial charge is 0.472 e. The number of carbonyl (C=O) groups is 2. The van der Waals surface area contributed by atoms with Crippen LogP contribution >= 0.6 is 7.82 Å². The van der Waals surface area contributed by atoms with E-state index in [4.69, 9.17) is 24.3 Å². The van der Waals surface area contributed by atoms with Gasteiger partial charge in [0, 0.05) is 19.4 Å². The molecule has 0 aliphatic heterocycles. The number of rotatable bonds is 40. The molecule has 10 heteroatoms. The molecule has 0 aromatic rings. The molecule has 3 N–H and O–H groups in total. The molecule has 2 atom stereocenters. The highest BCUT2D eigenvalue weighted by Gasteiger charge is 2.25. The number of nitrogens with two attached hydrogens (primary N) is 1. The minimum atomic E-state index is -4.38. The van der Waals surface area contributed by atoms with Gasteiger partial charge in [-0.1, -0.05) is 159 Å². The topological polar surface area (TPSA) is 134 Å². The number of phosphoric ester groups is 1. The molecule has 0 radical (unpaired) electrons. The zero-order chi connectivity index (χ0) is 38.9. The van der Waals surface area contributed by atoms with Crippen LogP contribution < -0.4 is 5.73 Å². The first-order valence-corrected chi connectivity index (χ1v) is 23.0. The molecular formula is C43H80NO8P. The second-order valence-corrected chi connectivity index (χ2v) is 15.7. The summed E-state index contributed by atoms with van der Waals surface area (Å²) >= 11 is 0. The lowest BCUT2D eigenvalue weighted by Crippen LogP contribution is -2.29. The fraction of sp³-hybridized carbons (Fsp3) is 0.814. The van der Waals surface area contributed by atoms with Crippen LogP contribution in [0.25, 0.3) is 0 Å². The Hall–Kier alpha value is -1.77. The summed E-state index contributed by atoms with van der Waals surface area (Å²) in [6, 6.07) is 0. The van der Waals surface area contributed by atoms with E-state index in [1.807, 2.05) is 6.08 Å². The minimum absolute atomic E-state index is 0.0480. The number of carbonyl (C=O) groups excluding carboxylic acids is 2. The molecule has 0 bridgehead atoms. The second-order valence-electron chi connectivity index (χ2n) is 14.2. The van der Waals surface area contributed by atoms with E-state index in [1.165, 1.54) is 109 Å². The van der Waals surface area contributed by atoms with Gasteiger partial charge in [-0.05, 0) is 57.8 Å². The summed E-state index contributed by atoms with van der Waals surface area (Å²) < 4.78 is 32.7. The lowest BCUT2D eigenvalue weighted by Gasteiger charge is -2.19. The van der Waals surface area contributed by atoms with Gasteiger partial charge in [0.05, 0.1) is 13.2 Å². The van der Waals surface area contributed by atoms with Crippen molar-refractivity contribution in [2.24, 2.45) is 5.73 Å². The SMILES string of the molecule is CCCCC/C=C/C/C=C/CCCCCCCCCC(=O)O[C@H](COC(=O)CC/C=C/CCCCCCCCCCCCC)COP(=O)(O)OCCN. The Morgan fingerprint density at radius 2 is 1.02 bits per heavy atom. The normalized spacial score (nSPS) is 13.7. The Kier molecular flexibility index (Phi) is 38.6. The first-order chi connectivity index (χ1) is 25.8. The minimum Gasteiger partial charge on any atom is -0.462 e. The van der Waals surface area contributed by atoms with E-state index in [0.29, 0.717) is 12.8 Å². The van der Waals surface area contributed by atoms with E-state index in [9.17, 15) is 19.0 Å². The smallest absolute Gasteiger partial charge is 0.462 e. The van der Waals surface area contributed by atoms with Gasteiger partial charge in [0.25, 0.3) is 0 Å². The molecule has 1 unspecified atom stereocenters. The first kappa shape index (κ1) is 51.2. The molecule has 0 spiro atoms. The van der Waals surface area contributed by atoms with Crippen molar-refractivity contribution < 1.29 is 37.6 Å². The summed E-state index contributed by atoms with van der Waals surface area (Å²) in [5, 5.41) is 0. The number of hydrogen-bond donors (Lipinski definition) is 2. The molecule has 0 rings (SSSR count). The average Bonchev–Trinajstić information content (AvgIpc) is 3.14. The van der Waals surface area contributed by atoms with E-state index in [0.717, 1.165) is 44.9 Å². The summed E-state index contributed by atoms with van der Waals surface area (Å²) in [6.45, 7) is 3.66. The lowest BCUT2D eigenvalue weighted by molar-refractivity contribution is -0.161. The van der Waals surface area contributed by atoms with Gasteiger partial charge in [-0.2, -0.15) is 0 Å². The van der Waals surface area contributed by atoms with Crippen LogP contribution in [0.1, 0.15) is 194 Å². The summed E-state index contributed by atoms with van der Waals surface area (Å²) in [7, 11) is -4.38. The predicted octanol–water partition coefficient (Wildman–Crippen LogP) is 12.2. The lowest BCUT2D eigenvalue weighted by atomic mass is 10.1. The standard InChI is InChI=1S/C43H80NO8P/c1-3-5-7-9-11-13-15-17-19-20-22-24-26-28-30-32-34-36-43(46)52-41(40-51-53(47,48)50-38-37-44)39-49-42(45)35-33-31-29-27-25-23-21-18-16-14-12-10-8-6-4-2/h11,13,17,19,29,31,41H,3-10,12,14-16,18,20-28,30,32-40,44H2,1-2H3,(H,47,48)/b13-11+,19-17+,31-29+/t41-/m1/s1. The van der Waals surface area contributed by atoms with E-state index in [-0.39, 0.29) is 32.6 Å². The van der Waals surface area contributed by atoms with Crippen molar-refractivity contribution in [3.05, 3.63) is 36.5 Å². The van der Waals surface area contributed by atoms with Crippen molar-refractivity contribution in [1.29, 1.82) is 0 Å². The Morgan fingerprint density at radius 1 is 0.566 bits per heavy atom. The number of allylic oxidation sites excluding steroid dienone is 6. The maximum absolute atomic E-state index is 12.6. The summed E-state index contributed by atoms with van der Waals surface area (Å²) in [5.41, 5.74) is 5.34. The maximum Gasteiger partial charge on any atom is 0.472 e. The Balaban J connectivity index is 4.20. The van der Waals surface area contributed by atoms with Gasteiger partial charge in [-0.15, -0.1) is 0 Å². The van der Waals surface area contributed by atoms with Crippen molar-refractivity contribution in [2.75, 3.05) is 26.4 Å². The van der Waals surface area contributed by atoms with Gasteiger partial charge in [0.2, 0.25) is 0 Å². The van der Waals surface area contributed by atoms with Crippen molar-refractivity contribution in [1.82, 2.24) is 0 Å². The monoisotopic (exact) mass is 770 g/mol. The molecule has 0 fully saturated rings. The van der Waals surface area contributed by atoms with Crippen molar-refractivity contribution in [2.45, 2.75) is 200 Å². The molecular weight excluding hydrogens is 689 g/mol. The maximum atomic E-state index is 12.6. The van der Waals surface area contributed by atoms with E-state index in [1.54, 1.807) is 0 Å². The molecule has 9 nitrogen and oxygen atoms in total. The first-order valence-electron chi connectivity index (χ1n) is 21.5. The third-order valence-electron chi connectivity index (χ3n) is 9.01. The molecule has 0 aromatic heterocycles. The van der Waals surface area contributed by atoms with Crippen LogP contribution in [0, 0.1) is 0 Å². The highest BCUT2D eigenvalue weighted by molar-refractivity contribution is 7.47. The van der Waals surface area contributed by atoms with Crippen molar-refractivity contribution in [3.8, 4) is 0 Å². The molecule has 0 aliphatic rings. The van der Waals surface area contributed by atoms with Gasteiger partial charge < -0.3 is 20.1 Å². The molecule has 0 aliphatic carbocycles. The van der Waals surface area contributed by atoms with Crippen LogP contribution in [0.15, 0.2) is 36.5 Å². The molecule has 310 valence electrons. The van der Waals surface area contributed by atoms with E-state index >= 15 is 0 Å². The Bertz CT molecular complexity index is 970. The number of hydrogen-bond acceptors (Lipinski definition) is 8. The Labute approximate surface area is 324 Å². The predicted molar refractivity (Wildman–Crippen MR) is 220 cm³/mol. The highest BCUT2D eigenvalue weighted by atomic mass is 31.2. The molecule has 0 saturated heterocycles. The fourth-order valence-corrected chi connectivity index (χ4v) is 6.56. The van der Waals surface area contributed by atoms with Gasteiger partial charge >= 0.3 is 19.8 Å². The Morgan fingerprint density at radius 3 is 1.57 bits per heavy atom. The second kappa shape index (κ2) is 39.9. The van der Waals surface area contributed by atoms with Gasteiger partial charge in [0.1, 0.15) is 6.61 Å². The third-order valence-corrected chi connectivity index (χ3v) is 10.00. The fourth-order valence-electron chi connectivity index (χ4n) is 5.80. The van der Waals surface area contributed by atoms with Crippen LogP contribution in [0.2, 0.25) is 0 Å². The number of phosphoric acid groups is 1. The molecule has 53 heavy (non-hydrogen) atoms. The van der Waals surface area contributed by atoms with E-state index in [2.05, 4.69) is 44.2 Å². The van der Waals surface area contributed by atoms with Crippen molar-refractivity contribution >= 4 is 19.8 Å². The van der Waals surface area contributed by atoms with Gasteiger partial charge in [-0.25, -0.2) is 4.57 Å². The highest BCUT2D eigenvalue weighted by Crippen LogP contribution is 2.43. The third kappa shape index (κ3) is 39.7. The van der Waals surface area contributed by atoms with Crippen LogP contribution in [0.5, 0.6) is 0 Å². The summed E-state index contributed by atoms with van der Waals surface area (Å²) in [6.07, 6.45) is 43.2. The number of ether oxygens (including phenoxy) is 2. The zero-order valence-electron chi connectivity index (χ0n) is 34.0. The molecule has 0 amide bonds. The molecule has 0 aromatic carbocycles. The van der Waals surface area contributed by atoms with Crippen LogP contribution in [-0.2, 0) is 32.7 Å².